The van der Waals surface area contributed by atoms with Gasteiger partial charge in [0.05, 0.1) is 10.6 Å². The molecular formula is C26H27BrClN3O4S. The highest BCUT2D eigenvalue weighted by atomic mass is 79.9. The Kier molecular flexibility index (Phi) is 9.16. The predicted octanol–water partition coefficient (Wildman–Crippen LogP) is 4.77. The van der Waals surface area contributed by atoms with E-state index in [0.717, 1.165) is 19.9 Å². The predicted molar refractivity (Wildman–Crippen MR) is 145 cm³/mol. The number of aryl methyl sites for hydroxylation is 1. The van der Waals surface area contributed by atoms with Crippen molar-refractivity contribution >= 4 is 55.1 Å². The number of hydrogen-bond donors (Lipinski definition) is 1. The fourth-order valence-electron chi connectivity index (χ4n) is 3.62. The number of hydrogen-bond acceptors (Lipinski definition) is 4. The Bertz CT molecular complexity index is 1350. The van der Waals surface area contributed by atoms with Gasteiger partial charge in [-0.25, -0.2) is 8.42 Å². The summed E-state index contributed by atoms with van der Waals surface area (Å²) >= 11 is 9.58. The SMILES string of the molecule is CNC(=O)C(C)N(Cc1cccc(Br)c1)C(=O)CN(c1cccc(Cl)c1)S(=O)(=O)c1ccc(C)cc1. The van der Waals surface area contributed by atoms with Gasteiger partial charge in [-0.15, -0.1) is 0 Å². The lowest BCUT2D eigenvalue weighted by Gasteiger charge is -2.31. The van der Waals surface area contributed by atoms with E-state index in [0.29, 0.717) is 5.02 Å². The molecule has 0 saturated heterocycles. The van der Waals surface area contributed by atoms with Gasteiger partial charge >= 0.3 is 0 Å². The molecule has 10 heteroatoms. The standard InChI is InChI=1S/C26H27BrClN3O4S/c1-18-10-12-24(13-11-18)36(34,35)31(23-9-5-8-22(28)15-23)17-25(32)30(19(2)26(33)29-3)16-20-6-4-7-21(27)14-20/h4-15,19H,16-17H2,1-3H3,(H,29,33). The second-order valence-electron chi connectivity index (χ2n) is 8.25. The van der Waals surface area contributed by atoms with E-state index in [4.69, 9.17) is 11.6 Å². The highest BCUT2D eigenvalue weighted by Gasteiger charge is 2.32. The summed E-state index contributed by atoms with van der Waals surface area (Å²) in [7, 11) is -2.64. The van der Waals surface area contributed by atoms with Crippen molar-refractivity contribution in [3.63, 3.8) is 0 Å². The maximum absolute atomic E-state index is 13.7. The number of carbonyl (C=O) groups excluding carboxylic acids is 2. The molecule has 3 rings (SSSR count). The van der Waals surface area contributed by atoms with Crippen LogP contribution in [0.4, 0.5) is 5.69 Å². The monoisotopic (exact) mass is 591 g/mol. The van der Waals surface area contributed by atoms with Gasteiger partial charge in [-0.1, -0.05) is 63.4 Å². The third-order valence-electron chi connectivity index (χ3n) is 5.64. The fraction of sp³-hybridized carbons (Fsp3) is 0.231. The van der Waals surface area contributed by atoms with Crippen molar-refractivity contribution in [3.8, 4) is 0 Å². The van der Waals surface area contributed by atoms with E-state index in [1.807, 2.05) is 31.2 Å². The molecule has 0 aliphatic carbocycles. The average Bonchev–Trinajstić information content (AvgIpc) is 2.85. The van der Waals surface area contributed by atoms with Gasteiger partial charge in [0, 0.05) is 23.1 Å². The molecule has 1 N–H and O–H groups in total. The molecular weight excluding hydrogens is 566 g/mol. The molecule has 0 heterocycles. The largest absolute Gasteiger partial charge is 0.357 e. The van der Waals surface area contributed by atoms with Crippen molar-refractivity contribution < 1.29 is 18.0 Å². The maximum atomic E-state index is 13.7. The van der Waals surface area contributed by atoms with Crippen molar-refractivity contribution in [2.45, 2.75) is 31.3 Å². The zero-order chi connectivity index (χ0) is 26.5. The van der Waals surface area contributed by atoms with E-state index in [-0.39, 0.29) is 23.0 Å². The van der Waals surface area contributed by atoms with E-state index in [2.05, 4.69) is 21.2 Å². The molecule has 3 aromatic carbocycles. The number of amides is 2. The first-order valence-corrected chi connectivity index (χ1v) is 13.7. The topological polar surface area (TPSA) is 86.8 Å². The van der Waals surface area contributed by atoms with Gasteiger partial charge < -0.3 is 10.2 Å². The van der Waals surface area contributed by atoms with Crippen LogP contribution in [0.5, 0.6) is 0 Å². The third kappa shape index (κ3) is 6.66. The first kappa shape index (κ1) is 27.7. The molecule has 7 nitrogen and oxygen atoms in total. The molecule has 3 aromatic rings. The minimum absolute atomic E-state index is 0.0405. The van der Waals surface area contributed by atoms with Crippen LogP contribution in [0.25, 0.3) is 0 Å². The van der Waals surface area contributed by atoms with E-state index >= 15 is 0 Å². The van der Waals surface area contributed by atoms with E-state index in [1.54, 1.807) is 37.3 Å². The number of nitrogens with zero attached hydrogens (tertiary/aromatic N) is 2. The number of halogens is 2. The smallest absolute Gasteiger partial charge is 0.264 e. The molecule has 0 aliphatic rings. The summed E-state index contributed by atoms with van der Waals surface area (Å²) in [6.07, 6.45) is 0. The molecule has 1 atom stereocenters. The lowest BCUT2D eigenvalue weighted by molar-refractivity contribution is -0.139. The lowest BCUT2D eigenvalue weighted by atomic mass is 10.1. The maximum Gasteiger partial charge on any atom is 0.264 e. The van der Waals surface area contributed by atoms with Crippen LogP contribution in [0.3, 0.4) is 0 Å². The second kappa shape index (κ2) is 11.9. The fourth-order valence-corrected chi connectivity index (χ4v) is 5.66. The highest BCUT2D eigenvalue weighted by molar-refractivity contribution is 9.10. The molecule has 0 spiro atoms. The van der Waals surface area contributed by atoms with Gasteiger partial charge in [0.25, 0.3) is 10.0 Å². The normalized spacial score (nSPS) is 12.0. The Hall–Kier alpha value is -2.88. The minimum Gasteiger partial charge on any atom is -0.357 e. The van der Waals surface area contributed by atoms with Gasteiger partial charge in [-0.3, -0.25) is 13.9 Å². The van der Waals surface area contributed by atoms with Gasteiger partial charge in [0.1, 0.15) is 12.6 Å². The molecule has 0 fully saturated rings. The van der Waals surface area contributed by atoms with Crippen molar-refractivity contribution in [2.75, 3.05) is 17.9 Å². The summed E-state index contributed by atoms with van der Waals surface area (Å²) < 4.78 is 29.3. The quantitative estimate of drug-likeness (QED) is 0.388. The molecule has 190 valence electrons. The van der Waals surface area contributed by atoms with E-state index in [1.165, 1.54) is 30.1 Å². The van der Waals surface area contributed by atoms with Crippen LogP contribution < -0.4 is 9.62 Å². The molecule has 0 radical (unpaired) electrons. The number of rotatable bonds is 9. The van der Waals surface area contributed by atoms with E-state index < -0.39 is 28.5 Å². The van der Waals surface area contributed by atoms with Gasteiger partial charge in [0.15, 0.2) is 0 Å². The van der Waals surface area contributed by atoms with E-state index in [9.17, 15) is 18.0 Å². The molecule has 2 amide bonds. The molecule has 36 heavy (non-hydrogen) atoms. The van der Waals surface area contributed by atoms with Crippen LogP contribution in [0.2, 0.25) is 5.02 Å². The van der Waals surface area contributed by atoms with Gasteiger partial charge in [-0.2, -0.15) is 0 Å². The Balaban J connectivity index is 2.03. The Morgan fingerprint density at radius 3 is 2.31 bits per heavy atom. The summed E-state index contributed by atoms with van der Waals surface area (Å²) in [5.41, 5.74) is 1.93. The van der Waals surface area contributed by atoms with Gasteiger partial charge in [0.2, 0.25) is 11.8 Å². The lowest BCUT2D eigenvalue weighted by Crippen LogP contribution is -2.50. The molecule has 0 aliphatic heterocycles. The number of nitrogens with one attached hydrogen (secondary N) is 1. The number of carbonyl (C=O) groups is 2. The molecule has 1 unspecified atom stereocenters. The highest BCUT2D eigenvalue weighted by Crippen LogP contribution is 2.27. The first-order valence-electron chi connectivity index (χ1n) is 11.1. The zero-order valence-electron chi connectivity index (χ0n) is 20.1. The van der Waals surface area contributed by atoms with Crippen LogP contribution in [0, 0.1) is 6.92 Å². The summed E-state index contributed by atoms with van der Waals surface area (Å²) in [6.45, 7) is 3.05. The first-order chi connectivity index (χ1) is 17.0. The number of anilines is 1. The number of benzene rings is 3. The number of likely N-dealkylation sites (N-methyl/N-ethyl adjacent to an activating group) is 1. The summed E-state index contributed by atoms with van der Waals surface area (Å²) in [6, 6.07) is 19.2. The second-order valence-corrected chi connectivity index (χ2v) is 11.5. The third-order valence-corrected chi connectivity index (χ3v) is 8.16. The Labute approximate surface area is 225 Å². The Morgan fingerprint density at radius 1 is 1.03 bits per heavy atom. The number of sulfonamides is 1. The summed E-state index contributed by atoms with van der Waals surface area (Å²) in [5, 5.41) is 2.89. The van der Waals surface area contributed by atoms with Crippen LogP contribution >= 0.6 is 27.5 Å². The molecule has 0 aromatic heterocycles. The van der Waals surface area contributed by atoms with Gasteiger partial charge in [-0.05, 0) is 61.9 Å². The van der Waals surface area contributed by atoms with Crippen LogP contribution in [-0.4, -0.2) is 44.8 Å². The van der Waals surface area contributed by atoms with Crippen molar-refractivity contribution in [1.29, 1.82) is 0 Å². The zero-order valence-corrected chi connectivity index (χ0v) is 23.3. The summed E-state index contributed by atoms with van der Waals surface area (Å²) in [4.78, 5) is 27.6. The summed E-state index contributed by atoms with van der Waals surface area (Å²) in [5.74, 6) is -0.907. The molecule has 0 saturated carbocycles. The van der Waals surface area contributed by atoms with Crippen LogP contribution in [-0.2, 0) is 26.2 Å². The minimum atomic E-state index is -4.13. The van der Waals surface area contributed by atoms with Crippen molar-refractivity contribution in [2.24, 2.45) is 0 Å². The Morgan fingerprint density at radius 2 is 1.69 bits per heavy atom. The van der Waals surface area contributed by atoms with Crippen LogP contribution in [0.1, 0.15) is 18.1 Å². The van der Waals surface area contributed by atoms with Crippen molar-refractivity contribution in [3.05, 3.63) is 93.4 Å². The van der Waals surface area contributed by atoms with Crippen LogP contribution in [0.15, 0.2) is 82.2 Å². The average molecular weight is 593 g/mol. The van der Waals surface area contributed by atoms with Crippen molar-refractivity contribution in [1.82, 2.24) is 10.2 Å². The molecule has 0 bridgehead atoms.